The number of hydrogen-bond donors (Lipinski definition) is 2. The van der Waals surface area contributed by atoms with Crippen LogP contribution in [0.5, 0.6) is 5.75 Å². The molecule has 0 amide bonds. The molecule has 1 aromatic carbocycles. The van der Waals surface area contributed by atoms with Crippen molar-refractivity contribution in [3.8, 4) is 5.75 Å². The first kappa shape index (κ1) is 19.4. The standard InChI is InChI=1S/C14H17F3N2O.2ClH/c15-9-7-10(20)11(13(17)12(9)16)14(8-1-2-8)19-5-3-18-4-6-19;;/h7-8,14,18,20H,1-6H2;2*1H/t14-;;/m1../s1. The lowest BCUT2D eigenvalue weighted by atomic mass is 9.97. The van der Waals surface area contributed by atoms with Gasteiger partial charge < -0.3 is 10.4 Å². The SMILES string of the molecule is Cl.Cl.Oc1cc(F)c(F)c(F)c1[C@@H](C1CC1)N1CCNCC1. The van der Waals surface area contributed by atoms with Gasteiger partial charge in [0.05, 0.1) is 5.56 Å². The number of piperazine rings is 1. The molecule has 1 aliphatic heterocycles. The molecule has 0 unspecified atom stereocenters. The van der Waals surface area contributed by atoms with Gasteiger partial charge in [0, 0.05) is 38.3 Å². The van der Waals surface area contributed by atoms with Gasteiger partial charge in [-0.2, -0.15) is 0 Å². The monoisotopic (exact) mass is 358 g/mol. The van der Waals surface area contributed by atoms with E-state index in [0.29, 0.717) is 19.2 Å². The lowest BCUT2D eigenvalue weighted by molar-refractivity contribution is 0.149. The van der Waals surface area contributed by atoms with E-state index in [-0.39, 0.29) is 42.3 Å². The van der Waals surface area contributed by atoms with Crippen molar-refractivity contribution in [2.24, 2.45) is 5.92 Å². The highest BCUT2D eigenvalue weighted by Gasteiger charge is 2.40. The molecule has 1 aromatic rings. The highest BCUT2D eigenvalue weighted by Crippen LogP contribution is 2.48. The van der Waals surface area contributed by atoms with E-state index in [1.165, 1.54) is 0 Å². The number of nitrogens with zero attached hydrogens (tertiary/aromatic N) is 1. The second-order valence-electron chi connectivity index (χ2n) is 5.49. The van der Waals surface area contributed by atoms with Gasteiger partial charge in [0.1, 0.15) is 5.75 Å². The molecule has 0 radical (unpaired) electrons. The normalized spacial score (nSPS) is 20.0. The van der Waals surface area contributed by atoms with Gasteiger partial charge >= 0.3 is 0 Å². The topological polar surface area (TPSA) is 35.5 Å². The van der Waals surface area contributed by atoms with E-state index in [1.807, 2.05) is 4.90 Å². The Morgan fingerprint density at radius 1 is 1.09 bits per heavy atom. The van der Waals surface area contributed by atoms with Crippen LogP contribution in [0.25, 0.3) is 0 Å². The maximum Gasteiger partial charge on any atom is 0.195 e. The lowest BCUT2D eigenvalue weighted by Gasteiger charge is -2.35. The summed E-state index contributed by atoms with van der Waals surface area (Å²) in [4.78, 5) is 2.05. The van der Waals surface area contributed by atoms with Crippen LogP contribution in [0.3, 0.4) is 0 Å². The molecule has 0 bridgehead atoms. The van der Waals surface area contributed by atoms with E-state index in [2.05, 4.69) is 5.32 Å². The van der Waals surface area contributed by atoms with Gasteiger partial charge in [0.15, 0.2) is 17.5 Å². The number of aromatic hydroxyl groups is 1. The molecule has 1 atom stereocenters. The summed E-state index contributed by atoms with van der Waals surface area (Å²) < 4.78 is 40.7. The van der Waals surface area contributed by atoms with Crippen LogP contribution in [0.15, 0.2) is 6.07 Å². The Hall–Kier alpha value is -0.690. The van der Waals surface area contributed by atoms with Gasteiger partial charge in [-0.3, -0.25) is 4.90 Å². The molecule has 0 spiro atoms. The third-order valence-corrected chi connectivity index (χ3v) is 4.09. The fourth-order valence-corrected chi connectivity index (χ4v) is 2.97. The zero-order valence-corrected chi connectivity index (χ0v) is 13.5. The zero-order valence-electron chi connectivity index (χ0n) is 11.8. The largest absolute Gasteiger partial charge is 0.507 e. The fraction of sp³-hybridized carbons (Fsp3) is 0.571. The Bertz CT molecular complexity index is 523. The predicted octanol–water partition coefficient (Wildman–Crippen LogP) is 3.01. The van der Waals surface area contributed by atoms with Crippen LogP contribution < -0.4 is 5.32 Å². The number of rotatable bonds is 3. The first-order valence-corrected chi connectivity index (χ1v) is 6.90. The summed E-state index contributed by atoms with van der Waals surface area (Å²) in [5.74, 6) is -4.38. The summed E-state index contributed by atoms with van der Waals surface area (Å²) in [5.41, 5.74) is -0.0895. The number of phenolic OH excluding ortho intramolecular Hbond substituents is 1. The molecule has 3 rings (SSSR count). The number of phenols is 1. The zero-order chi connectivity index (χ0) is 14.3. The minimum atomic E-state index is -1.50. The smallest absolute Gasteiger partial charge is 0.195 e. The Balaban J connectivity index is 0.00000121. The molecular weight excluding hydrogens is 340 g/mol. The van der Waals surface area contributed by atoms with Gasteiger partial charge in [0.25, 0.3) is 0 Å². The number of benzene rings is 1. The van der Waals surface area contributed by atoms with Gasteiger partial charge in [-0.15, -0.1) is 24.8 Å². The molecule has 0 aromatic heterocycles. The summed E-state index contributed by atoms with van der Waals surface area (Å²) in [6.07, 6.45) is 1.85. The van der Waals surface area contributed by atoms with Gasteiger partial charge in [0.2, 0.25) is 0 Å². The summed E-state index contributed by atoms with van der Waals surface area (Å²) in [6.45, 7) is 2.96. The third-order valence-electron chi connectivity index (χ3n) is 4.09. The van der Waals surface area contributed by atoms with Crippen LogP contribution in [-0.4, -0.2) is 36.2 Å². The molecule has 2 aliphatic rings. The van der Waals surface area contributed by atoms with Crippen LogP contribution in [0.4, 0.5) is 13.2 Å². The van der Waals surface area contributed by atoms with Crippen molar-refractivity contribution in [3.05, 3.63) is 29.1 Å². The van der Waals surface area contributed by atoms with E-state index in [9.17, 15) is 18.3 Å². The van der Waals surface area contributed by atoms with E-state index < -0.39 is 23.2 Å². The predicted molar refractivity (Wildman–Crippen MR) is 82.4 cm³/mol. The van der Waals surface area contributed by atoms with Crippen LogP contribution >= 0.6 is 24.8 Å². The van der Waals surface area contributed by atoms with Crippen molar-refractivity contribution in [2.45, 2.75) is 18.9 Å². The minimum absolute atomic E-state index is 0. The molecule has 22 heavy (non-hydrogen) atoms. The van der Waals surface area contributed by atoms with Crippen molar-refractivity contribution in [3.63, 3.8) is 0 Å². The Labute approximate surface area is 139 Å². The first-order chi connectivity index (χ1) is 9.59. The quantitative estimate of drug-likeness (QED) is 0.815. The molecule has 1 saturated carbocycles. The van der Waals surface area contributed by atoms with E-state index in [1.54, 1.807) is 0 Å². The first-order valence-electron chi connectivity index (χ1n) is 6.90. The number of halogens is 5. The lowest BCUT2D eigenvalue weighted by Crippen LogP contribution is -2.46. The summed E-state index contributed by atoms with van der Waals surface area (Å²) in [6, 6.07) is 0.304. The average Bonchev–Trinajstić information content (AvgIpc) is 3.26. The third kappa shape index (κ3) is 3.62. The van der Waals surface area contributed by atoms with Crippen molar-refractivity contribution in [1.82, 2.24) is 10.2 Å². The van der Waals surface area contributed by atoms with Crippen molar-refractivity contribution in [1.29, 1.82) is 0 Å². The van der Waals surface area contributed by atoms with E-state index in [4.69, 9.17) is 0 Å². The van der Waals surface area contributed by atoms with Crippen molar-refractivity contribution in [2.75, 3.05) is 26.2 Å². The average molecular weight is 359 g/mol. The van der Waals surface area contributed by atoms with Crippen molar-refractivity contribution < 1.29 is 18.3 Å². The maximum absolute atomic E-state index is 14.1. The Morgan fingerprint density at radius 3 is 2.23 bits per heavy atom. The Kier molecular flexibility index (Phi) is 6.80. The second kappa shape index (κ2) is 7.73. The van der Waals surface area contributed by atoms with Gasteiger partial charge in [-0.25, -0.2) is 13.2 Å². The highest BCUT2D eigenvalue weighted by molar-refractivity contribution is 5.85. The van der Waals surface area contributed by atoms with Gasteiger partial charge in [-0.1, -0.05) is 0 Å². The maximum atomic E-state index is 14.1. The van der Waals surface area contributed by atoms with Crippen LogP contribution in [0.2, 0.25) is 0 Å². The van der Waals surface area contributed by atoms with Crippen LogP contribution in [0, 0.1) is 23.4 Å². The summed E-state index contributed by atoms with van der Waals surface area (Å²) in [5, 5.41) is 13.1. The molecule has 8 heteroatoms. The second-order valence-corrected chi connectivity index (χ2v) is 5.49. The highest BCUT2D eigenvalue weighted by atomic mass is 35.5. The van der Waals surface area contributed by atoms with Crippen molar-refractivity contribution >= 4 is 24.8 Å². The molecular formula is C14H19Cl2F3N2O. The number of hydrogen-bond acceptors (Lipinski definition) is 3. The molecule has 1 saturated heterocycles. The summed E-state index contributed by atoms with van der Waals surface area (Å²) >= 11 is 0. The minimum Gasteiger partial charge on any atom is -0.507 e. The molecule has 3 nitrogen and oxygen atoms in total. The molecule has 1 aliphatic carbocycles. The van der Waals surface area contributed by atoms with Crippen LogP contribution in [0.1, 0.15) is 24.4 Å². The summed E-state index contributed by atoms with van der Waals surface area (Å²) in [7, 11) is 0. The van der Waals surface area contributed by atoms with Crippen LogP contribution in [-0.2, 0) is 0 Å². The molecule has 2 fully saturated rings. The van der Waals surface area contributed by atoms with Gasteiger partial charge in [-0.05, 0) is 18.8 Å². The fourth-order valence-electron chi connectivity index (χ4n) is 2.97. The van der Waals surface area contributed by atoms with E-state index >= 15 is 0 Å². The molecule has 1 heterocycles. The molecule has 2 N–H and O–H groups in total. The number of nitrogens with one attached hydrogen (secondary N) is 1. The van der Waals surface area contributed by atoms with E-state index in [0.717, 1.165) is 25.9 Å². The molecule has 126 valence electrons. The Morgan fingerprint density at radius 2 is 1.68 bits per heavy atom.